The van der Waals surface area contributed by atoms with Crippen molar-refractivity contribution < 1.29 is 9.15 Å². The highest BCUT2D eigenvalue weighted by Crippen LogP contribution is 2.20. The SMILES string of the molecule is CCc1ccccc1OCc1cc(CNC(C)C)co1. The second-order valence-electron chi connectivity index (χ2n) is 5.21. The van der Waals surface area contributed by atoms with Gasteiger partial charge in [0.1, 0.15) is 18.1 Å². The lowest BCUT2D eigenvalue weighted by molar-refractivity contribution is 0.268. The first-order chi connectivity index (χ1) is 9.69. The Morgan fingerprint density at radius 1 is 1.25 bits per heavy atom. The summed E-state index contributed by atoms with van der Waals surface area (Å²) in [4.78, 5) is 0. The number of nitrogens with one attached hydrogen (secondary N) is 1. The molecule has 108 valence electrons. The molecule has 3 heteroatoms. The van der Waals surface area contributed by atoms with Gasteiger partial charge >= 0.3 is 0 Å². The minimum absolute atomic E-state index is 0.471. The van der Waals surface area contributed by atoms with Gasteiger partial charge in [0.25, 0.3) is 0 Å². The summed E-state index contributed by atoms with van der Waals surface area (Å²) in [5.41, 5.74) is 2.38. The van der Waals surface area contributed by atoms with Crippen molar-refractivity contribution in [3.05, 3.63) is 53.5 Å². The van der Waals surface area contributed by atoms with Crippen molar-refractivity contribution in [3.63, 3.8) is 0 Å². The average molecular weight is 273 g/mol. The summed E-state index contributed by atoms with van der Waals surface area (Å²) in [7, 11) is 0. The molecule has 20 heavy (non-hydrogen) atoms. The van der Waals surface area contributed by atoms with Crippen LogP contribution in [0.2, 0.25) is 0 Å². The van der Waals surface area contributed by atoms with Crippen LogP contribution in [0.25, 0.3) is 0 Å². The van der Waals surface area contributed by atoms with Gasteiger partial charge in [-0.15, -0.1) is 0 Å². The summed E-state index contributed by atoms with van der Waals surface area (Å²) in [6, 6.07) is 10.6. The number of ether oxygens (including phenoxy) is 1. The van der Waals surface area contributed by atoms with Crippen molar-refractivity contribution in [2.24, 2.45) is 0 Å². The standard InChI is InChI=1S/C17H23NO2/c1-4-15-7-5-6-8-17(15)20-12-16-9-14(11-19-16)10-18-13(2)3/h5-9,11,13,18H,4,10,12H2,1-3H3. The van der Waals surface area contributed by atoms with E-state index in [-0.39, 0.29) is 0 Å². The maximum atomic E-state index is 5.84. The molecule has 3 nitrogen and oxygen atoms in total. The van der Waals surface area contributed by atoms with Gasteiger partial charge in [0, 0.05) is 18.2 Å². The minimum atomic E-state index is 0.471. The average Bonchev–Trinajstić information content (AvgIpc) is 2.91. The molecule has 1 aromatic heterocycles. The first-order valence-corrected chi connectivity index (χ1v) is 7.19. The number of hydrogen-bond acceptors (Lipinski definition) is 3. The van der Waals surface area contributed by atoms with E-state index in [0.29, 0.717) is 12.6 Å². The largest absolute Gasteiger partial charge is 0.485 e. The lowest BCUT2D eigenvalue weighted by Crippen LogP contribution is -2.21. The number of para-hydroxylation sites is 1. The first kappa shape index (κ1) is 14.7. The third-order valence-electron chi connectivity index (χ3n) is 3.15. The van der Waals surface area contributed by atoms with Crippen LogP contribution in [0, 0.1) is 0 Å². The molecule has 0 bridgehead atoms. The zero-order valence-electron chi connectivity index (χ0n) is 12.5. The van der Waals surface area contributed by atoms with Crippen LogP contribution in [0.3, 0.4) is 0 Å². The van der Waals surface area contributed by atoms with Crippen LogP contribution >= 0.6 is 0 Å². The maximum absolute atomic E-state index is 5.84. The first-order valence-electron chi connectivity index (χ1n) is 7.19. The van der Waals surface area contributed by atoms with Gasteiger partial charge in [-0.1, -0.05) is 39.0 Å². The highest BCUT2D eigenvalue weighted by Gasteiger charge is 2.05. The van der Waals surface area contributed by atoms with Gasteiger partial charge in [0.2, 0.25) is 0 Å². The lowest BCUT2D eigenvalue weighted by Gasteiger charge is -2.08. The number of benzene rings is 1. The van der Waals surface area contributed by atoms with Crippen LogP contribution in [0.15, 0.2) is 41.0 Å². The molecule has 0 unspecified atom stereocenters. The fourth-order valence-corrected chi connectivity index (χ4v) is 2.00. The molecular formula is C17H23NO2. The maximum Gasteiger partial charge on any atom is 0.146 e. The van der Waals surface area contributed by atoms with Crippen molar-refractivity contribution >= 4 is 0 Å². The summed E-state index contributed by atoms with van der Waals surface area (Å²) < 4.78 is 11.4. The Balaban J connectivity index is 1.91. The third-order valence-corrected chi connectivity index (χ3v) is 3.15. The van der Waals surface area contributed by atoms with Crippen LogP contribution in [-0.4, -0.2) is 6.04 Å². The van der Waals surface area contributed by atoms with Gasteiger partial charge in [-0.25, -0.2) is 0 Å². The quantitative estimate of drug-likeness (QED) is 0.830. The van der Waals surface area contributed by atoms with E-state index in [2.05, 4.69) is 32.2 Å². The van der Waals surface area contributed by atoms with Crippen molar-refractivity contribution in [1.82, 2.24) is 5.32 Å². The fourth-order valence-electron chi connectivity index (χ4n) is 2.00. The van der Waals surface area contributed by atoms with Crippen molar-refractivity contribution in [3.8, 4) is 5.75 Å². The van der Waals surface area contributed by atoms with E-state index in [4.69, 9.17) is 9.15 Å². The van der Waals surface area contributed by atoms with Gasteiger partial charge in [0.05, 0.1) is 6.26 Å². The lowest BCUT2D eigenvalue weighted by atomic mass is 10.1. The van der Waals surface area contributed by atoms with E-state index < -0.39 is 0 Å². The van der Waals surface area contributed by atoms with Crippen LogP contribution in [-0.2, 0) is 19.6 Å². The molecule has 2 rings (SSSR count). The van der Waals surface area contributed by atoms with E-state index in [0.717, 1.165) is 30.0 Å². The molecule has 0 aliphatic heterocycles. The zero-order chi connectivity index (χ0) is 14.4. The number of furan rings is 1. The molecule has 0 amide bonds. The second kappa shape index (κ2) is 7.15. The zero-order valence-corrected chi connectivity index (χ0v) is 12.5. The molecule has 0 aliphatic carbocycles. The Morgan fingerprint density at radius 3 is 2.80 bits per heavy atom. The third kappa shape index (κ3) is 4.14. The van der Waals surface area contributed by atoms with Gasteiger partial charge in [-0.2, -0.15) is 0 Å². The summed E-state index contributed by atoms with van der Waals surface area (Å²) in [6.45, 7) is 7.69. The molecule has 1 N–H and O–H groups in total. The van der Waals surface area contributed by atoms with Crippen molar-refractivity contribution in [1.29, 1.82) is 0 Å². The van der Waals surface area contributed by atoms with Gasteiger partial charge in [-0.3, -0.25) is 0 Å². The minimum Gasteiger partial charge on any atom is -0.485 e. The Hall–Kier alpha value is -1.74. The number of hydrogen-bond donors (Lipinski definition) is 1. The smallest absolute Gasteiger partial charge is 0.146 e. The molecule has 0 aliphatic rings. The van der Waals surface area contributed by atoms with Crippen molar-refractivity contribution in [2.45, 2.75) is 46.4 Å². The Kier molecular flexibility index (Phi) is 5.24. The van der Waals surface area contributed by atoms with E-state index in [1.54, 1.807) is 6.26 Å². The molecule has 2 aromatic rings. The highest BCUT2D eigenvalue weighted by atomic mass is 16.5. The van der Waals surface area contributed by atoms with Crippen LogP contribution in [0.5, 0.6) is 5.75 Å². The molecule has 0 spiro atoms. The normalized spacial score (nSPS) is 11.0. The molecular weight excluding hydrogens is 250 g/mol. The van der Waals surface area contributed by atoms with Crippen molar-refractivity contribution in [2.75, 3.05) is 0 Å². The predicted molar refractivity (Wildman–Crippen MR) is 80.8 cm³/mol. The molecule has 0 saturated carbocycles. The number of rotatable bonds is 7. The van der Waals surface area contributed by atoms with E-state index >= 15 is 0 Å². The molecule has 1 heterocycles. The number of aryl methyl sites for hydroxylation is 1. The van der Waals surface area contributed by atoms with E-state index in [1.165, 1.54) is 5.56 Å². The fraction of sp³-hybridized carbons (Fsp3) is 0.412. The Labute approximate surface area is 121 Å². The Morgan fingerprint density at radius 2 is 2.05 bits per heavy atom. The van der Waals surface area contributed by atoms with Crippen LogP contribution in [0.1, 0.15) is 37.7 Å². The monoisotopic (exact) mass is 273 g/mol. The van der Waals surface area contributed by atoms with Gasteiger partial charge < -0.3 is 14.5 Å². The predicted octanol–water partition coefficient (Wildman–Crippen LogP) is 3.92. The highest BCUT2D eigenvalue weighted by molar-refractivity contribution is 5.33. The second-order valence-corrected chi connectivity index (χ2v) is 5.21. The van der Waals surface area contributed by atoms with E-state index in [9.17, 15) is 0 Å². The van der Waals surface area contributed by atoms with Gasteiger partial charge in [-0.05, 0) is 24.1 Å². The molecule has 1 aromatic carbocycles. The molecule has 0 atom stereocenters. The van der Waals surface area contributed by atoms with E-state index in [1.807, 2.05) is 24.3 Å². The Bertz CT molecular complexity index is 531. The summed E-state index contributed by atoms with van der Waals surface area (Å²) in [6.07, 6.45) is 2.76. The van der Waals surface area contributed by atoms with Crippen LogP contribution < -0.4 is 10.1 Å². The van der Waals surface area contributed by atoms with Gasteiger partial charge in [0.15, 0.2) is 0 Å². The summed E-state index contributed by atoms with van der Waals surface area (Å²) in [5, 5.41) is 3.37. The molecule has 0 saturated heterocycles. The summed E-state index contributed by atoms with van der Waals surface area (Å²) in [5.74, 6) is 1.80. The molecule has 0 radical (unpaired) electrons. The van der Waals surface area contributed by atoms with Crippen LogP contribution in [0.4, 0.5) is 0 Å². The molecule has 0 fully saturated rings. The topological polar surface area (TPSA) is 34.4 Å². The summed E-state index contributed by atoms with van der Waals surface area (Å²) >= 11 is 0.